The molecule has 0 unspecified atom stereocenters. The summed E-state index contributed by atoms with van der Waals surface area (Å²) in [5.74, 6) is -0.342. The van der Waals surface area contributed by atoms with E-state index in [4.69, 9.17) is 9.16 Å². The van der Waals surface area contributed by atoms with E-state index in [0.29, 0.717) is 0 Å². The molecule has 0 aromatic heterocycles. The minimum Gasteiger partial charge on any atom is -0.540 e. The number of ether oxygens (including phenoxy) is 1. The molecule has 4 heteroatoms. The second-order valence-corrected chi connectivity index (χ2v) is 8.52. The maximum atomic E-state index is 11.2. The van der Waals surface area contributed by atoms with Gasteiger partial charge < -0.3 is 9.16 Å². The van der Waals surface area contributed by atoms with Gasteiger partial charge in [0.05, 0.1) is 6.10 Å². The lowest BCUT2D eigenvalue weighted by Crippen LogP contribution is -2.28. The molecule has 0 amide bonds. The number of carbonyl (C=O) groups is 1. The smallest absolute Gasteiger partial charge is 0.371 e. The van der Waals surface area contributed by atoms with Gasteiger partial charge in [-0.25, -0.2) is 4.79 Å². The molecule has 13 heavy (non-hydrogen) atoms. The Morgan fingerprint density at radius 3 is 2.08 bits per heavy atom. The molecule has 0 bridgehead atoms. The van der Waals surface area contributed by atoms with Crippen molar-refractivity contribution >= 4 is 14.3 Å². The first-order chi connectivity index (χ1) is 5.72. The lowest BCUT2D eigenvalue weighted by atomic mass is 10.5. The van der Waals surface area contributed by atoms with E-state index < -0.39 is 14.3 Å². The highest BCUT2D eigenvalue weighted by atomic mass is 28.4. The van der Waals surface area contributed by atoms with E-state index in [0.717, 1.165) is 0 Å². The predicted molar refractivity (Wildman–Crippen MR) is 54.8 cm³/mol. The van der Waals surface area contributed by atoms with Crippen LogP contribution in [0, 0.1) is 0 Å². The van der Waals surface area contributed by atoms with Gasteiger partial charge in [0.2, 0.25) is 8.32 Å². The van der Waals surface area contributed by atoms with Crippen LogP contribution in [0.3, 0.4) is 0 Å². The molecule has 0 heterocycles. The second-order valence-electron chi connectivity index (χ2n) is 4.09. The molecule has 0 atom stereocenters. The molecule has 0 spiro atoms. The Morgan fingerprint density at radius 2 is 1.77 bits per heavy atom. The minimum absolute atomic E-state index is 0.118. The molecule has 3 nitrogen and oxygen atoms in total. The summed E-state index contributed by atoms with van der Waals surface area (Å²) in [6.45, 7) is 13.1. The van der Waals surface area contributed by atoms with Crippen molar-refractivity contribution in [3.05, 3.63) is 12.3 Å². The summed E-state index contributed by atoms with van der Waals surface area (Å²) in [6.07, 6.45) is -0.130. The average molecular weight is 202 g/mol. The summed E-state index contributed by atoms with van der Waals surface area (Å²) in [7, 11) is -1.73. The molecule has 0 aliphatic carbocycles. The topological polar surface area (TPSA) is 35.5 Å². The molecule has 0 aromatic carbocycles. The van der Waals surface area contributed by atoms with Crippen molar-refractivity contribution in [2.24, 2.45) is 0 Å². The van der Waals surface area contributed by atoms with Crippen molar-refractivity contribution < 1.29 is 14.0 Å². The van der Waals surface area contributed by atoms with E-state index in [1.165, 1.54) is 0 Å². The highest BCUT2D eigenvalue weighted by molar-refractivity contribution is 6.70. The van der Waals surface area contributed by atoms with Crippen LogP contribution >= 0.6 is 0 Å². The molecular formula is C9H18O3Si. The maximum absolute atomic E-state index is 11.2. The number of esters is 1. The van der Waals surface area contributed by atoms with Gasteiger partial charge >= 0.3 is 5.97 Å². The zero-order valence-electron chi connectivity index (χ0n) is 9.01. The van der Waals surface area contributed by atoms with E-state index in [2.05, 4.69) is 6.58 Å². The Morgan fingerprint density at radius 1 is 1.31 bits per heavy atom. The van der Waals surface area contributed by atoms with E-state index in [1.807, 2.05) is 19.6 Å². The number of hydrogen-bond acceptors (Lipinski definition) is 3. The normalized spacial score (nSPS) is 11.2. The molecule has 0 aliphatic heterocycles. The summed E-state index contributed by atoms with van der Waals surface area (Å²) in [6, 6.07) is 0. The predicted octanol–water partition coefficient (Wildman–Crippen LogP) is 2.30. The molecule has 0 saturated heterocycles. The Kier molecular flexibility index (Phi) is 4.19. The Hall–Kier alpha value is -0.773. The van der Waals surface area contributed by atoms with Crippen LogP contribution in [0.15, 0.2) is 12.3 Å². The lowest BCUT2D eigenvalue weighted by molar-refractivity contribution is -0.145. The van der Waals surface area contributed by atoms with Gasteiger partial charge in [-0.15, -0.1) is 0 Å². The molecule has 0 aromatic rings. The number of carbonyl (C=O) groups excluding carboxylic acids is 1. The SMILES string of the molecule is C=C(O[Si](C)(C)C)C(=O)OC(C)C. The molecule has 76 valence electrons. The van der Waals surface area contributed by atoms with Crippen molar-refractivity contribution in [3.8, 4) is 0 Å². The summed E-state index contributed by atoms with van der Waals surface area (Å²) in [5.41, 5.74) is 0. The Labute approximate surface area is 80.9 Å². The lowest BCUT2D eigenvalue weighted by Gasteiger charge is -2.20. The number of hydrogen-bond donors (Lipinski definition) is 0. The Bertz CT molecular complexity index is 203. The van der Waals surface area contributed by atoms with Crippen LogP contribution in [-0.4, -0.2) is 20.4 Å². The molecule has 0 rings (SSSR count). The third-order valence-corrected chi connectivity index (χ3v) is 1.86. The monoisotopic (exact) mass is 202 g/mol. The fourth-order valence-corrected chi connectivity index (χ4v) is 1.51. The first-order valence-corrected chi connectivity index (χ1v) is 7.72. The van der Waals surface area contributed by atoms with Crippen LogP contribution in [0.1, 0.15) is 13.8 Å². The van der Waals surface area contributed by atoms with Gasteiger partial charge in [0.15, 0.2) is 5.76 Å². The third kappa shape index (κ3) is 6.39. The van der Waals surface area contributed by atoms with Crippen LogP contribution in [0.2, 0.25) is 19.6 Å². The summed E-state index contributed by atoms with van der Waals surface area (Å²) < 4.78 is 10.3. The van der Waals surface area contributed by atoms with Crippen LogP contribution in [-0.2, 0) is 14.0 Å². The molecule has 0 aliphatic rings. The van der Waals surface area contributed by atoms with Gasteiger partial charge in [0.25, 0.3) is 0 Å². The molecule has 0 fully saturated rings. The average Bonchev–Trinajstić information content (AvgIpc) is 1.81. The first-order valence-electron chi connectivity index (χ1n) is 4.31. The van der Waals surface area contributed by atoms with Crippen LogP contribution in [0.5, 0.6) is 0 Å². The highest BCUT2D eigenvalue weighted by Gasteiger charge is 2.21. The van der Waals surface area contributed by atoms with Crippen LogP contribution in [0.4, 0.5) is 0 Å². The maximum Gasteiger partial charge on any atom is 0.371 e. The Balaban J connectivity index is 4.06. The van der Waals surface area contributed by atoms with Crippen molar-refractivity contribution in [2.45, 2.75) is 39.6 Å². The van der Waals surface area contributed by atoms with Gasteiger partial charge in [-0.3, -0.25) is 0 Å². The zero-order chi connectivity index (χ0) is 10.6. The van der Waals surface area contributed by atoms with Gasteiger partial charge in [0.1, 0.15) is 0 Å². The van der Waals surface area contributed by atoms with Crippen molar-refractivity contribution in [1.29, 1.82) is 0 Å². The molecule has 0 radical (unpaired) electrons. The molecule has 0 saturated carbocycles. The van der Waals surface area contributed by atoms with E-state index in [9.17, 15) is 4.79 Å². The molecule has 0 N–H and O–H groups in total. The van der Waals surface area contributed by atoms with Crippen molar-refractivity contribution in [3.63, 3.8) is 0 Å². The first kappa shape index (κ1) is 12.2. The van der Waals surface area contributed by atoms with Crippen LogP contribution < -0.4 is 0 Å². The third-order valence-electron chi connectivity index (χ3n) is 1.000. The van der Waals surface area contributed by atoms with Crippen molar-refractivity contribution in [1.82, 2.24) is 0 Å². The summed E-state index contributed by atoms with van der Waals surface area (Å²) in [5, 5.41) is 0. The zero-order valence-corrected chi connectivity index (χ0v) is 10.0. The van der Waals surface area contributed by atoms with E-state index in [-0.39, 0.29) is 11.9 Å². The fraction of sp³-hybridized carbons (Fsp3) is 0.667. The largest absolute Gasteiger partial charge is 0.540 e. The second kappa shape index (κ2) is 4.46. The minimum atomic E-state index is -1.73. The van der Waals surface area contributed by atoms with Gasteiger partial charge in [-0.1, -0.05) is 6.58 Å². The number of rotatable bonds is 4. The van der Waals surface area contributed by atoms with Crippen LogP contribution in [0.25, 0.3) is 0 Å². The molecular weight excluding hydrogens is 184 g/mol. The van der Waals surface area contributed by atoms with Crippen molar-refractivity contribution in [2.75, 3.05) is 0 Å². The van der Waals surface area contributed by atoms with Gasteiger partial charge in [-0.05, 0) is 33.5 Å². The quantitative estimate of drug-likeness (QED) is 0.304. The van der Waals surface area contributed by atoms with Gasteiger partial charge in [0, 0.05) is 0 Å². The highest BCUT2D eigenvalue weighted by Crippen LogP contribution is 2.10. The van der Waals surface area contributed by atoms with E-state index >= 15 is 0 Å². The standard InChI is InChI=1S/C9H18O3Si/c1-7(2)11-9(10)8(3)12-13(4,5)6/h7H,3H2,1-2,4-6H3. The van der Waals surface area contributed by atoms with Gasteiger partial charge in [-0.2, -0.15) is 0 Å². The fourth-order valence-electron chi connectivity index (χ4n) is 0.691. The van der Waals surface area contributed by atoms with E-state index in [1.54, 1.807) is 13.8 Å². The summed E-state index contributed by atoms with van der Waals surface area (Å²) in [4.78, 5) is 11.2. The summed E-state index contributed by atoms with van der Waals surface area (Å²) >= 11 is 0.